The predicted octanol–water partition coefficient (Wildman–Crippen LogP) is 5.38. The van der Waals surface area contributed by atoms with Crippen molar-refractivity contribution in [1.29, 1.82) is 5.26 Å². The quantitative estimate of drug-likeness (QED) is 0.485. The molecule has 2 N–H and O–H groups in total. The summed E-state index contributed by atoms with van der Waals surface area (Å²) in [5, 5.41) is 25.4. The number of thiophene rings is 1. The predicted molar refractivity (Wildman–Crippen MR) is 124 cm³/mol. The number of nitrogens with zero attached hydrogens (tertiary/aromatic N) is 3. The number of hydrogen-bond acceptors (Lipinski definition) is 8. The molecule has 0 fully saturated rings. The number of amides is 1. The fourth-order valence-electron chi connectivity index (χ4n) is 3.33. The maximum absolute atomic E-state index is 12.5. The van der Waals surface area contributed by atoms with Gasteiger partial charge in [-0.1, -0.05) is 47.7 Å². The van der Waals surface area contributed by atoms with Gasteiger partial charge in [0.05, 0.1) is 11.3 Å². The summed E-state index contributed by atoms with van der Waals surface area (Å²) in [5.74, 6) is 0.719. The Hall–Kier alpha value is -2.41. The molecule has 1 aliphatic carbocycles. The summed E-state index contributed by atoms with van der Waals surface area (Å²) in [6.07, 6.45) is 3.00. The van der Waals surface area contributed by atoms with Crippen LogP contribution >= 0.6 is 34.4 Å². The standard InChI is InChI=1S/C21H21N5OS3/c1-12-3-6-14(7-4-12)23-20-25-26-21(30-20)28-11-18(27)24-19-16(10-22)15-8-5-13(2)9-17(15)29-19/h3-4,6-7,13H,5,8-9,11H2,1-2H3,(H,23,25)(H,24,27). The molecule has 9 heteroatoms. The van der Waals surface area contributed by atoms with Crippen molar-refractivity contribution in [3.05, 3.63) is 45.8 Å². The summed E-state index contributed by atoms with van der Waals surface area (Å²) in [5.41, 5.74) is 3.91. The highest BCUT2D eigenvalue weighted by Gasteiger charge is 2.24. The van der Waals surface area contributed by atoms with Gasteiger partial charge < -0.3 is 10.6 Å². The summed E-state index contributed by atoms with van der Waals surface area (Å²) >= 11 is 4.30. The van der Waals surface area contributed by atoms with Crippen LogP contribution in [0.1, 0.15) is 34.9 Å². The maximum Gasteiger partial charge on any atom is 0.235 e. The molecule has 0 saturated carbocycles. The van der Waals surface area contributed by atoms with Gasteiger partial charge in [0.1, 0.15) is 11.1 Å². The number of nitrogens with one attached hydrogen (secondary N) is 2. The molecule has 1 atom stereocenters. The number of anilines is 3. The Bertz CT molecular complexity index is 1100. The second kappa shape index (κ2) is 9.16. The zero-order chi connectivity index (χ0) is 21.1. The zero-order valence-electron chi connectivity index (χ0n) is 16.7. The lowest BCUT2D eigenvalue weighted by molar-refractivity contribution is -0.113. The lowest BCUT2D eigenvalue weighted by atomic mass is 9.89. The number of thioether (sulfide) groups is 1. The van der Waals surface area contributed by atoms with Crippen molar-refractivity contribution >= 4 is 56.2 Å². The minimum absolute atomic E-state index is 0.133. The molecule has 2 heterocycles. The molecule has 0 radical (unpaired) electrons. The molecule has 4 rings (SSSR count). The van der Waals surface area contributed by atoms with Gasteiger partial charge in [0.25, 0.3) is 0 Å². The third kappa shape index (κ3) is 4.83. The van der Waals surface area contributed by atoms with E-state index < -0.39 is 0 Å². The molecule has 1 unspecified atom stereocenters. The summed E-state index contributed by atoms with van der Waals surface area (Å²) in [6.45, 7) is 4.27. The highest BCUT2D eigenvalue weighted by atomic mass is 32.2. The highest BCUT2D eigenvalue weighted by molar-refractivity contribution is 8.01. The third-order valence-corrected chi connectivity index (χ3v) is 8.05. The Labute approximate surface area is 187 Å². The Morgan fingerprint density at radius 2 is 2.10 bits per heavy atom. The van der Waals surface area contributed by atoms with Gasteiger partial charge in [-0.05, 0) is 49.8 Å². The fourth-order valence-corrected chi connectivity index (χ4v) is 6.28. The summed E-state index contributed by atoms with van der Waals surface area (Å²) in [4.78, 5) is 13.7. The molecule has 6 nitrogen and oxygen atoms in total. The van der Waals surface area contributed by atoms with Crippen LogP contribution in [0.5, 0.6) is 0 Å². The van der Waals surface area contributed by atoms with Crippen LogP contribution in [0.15, 0.2) is 28.6 Å². The second-order valence-corrected chi connectivity index (χ2v) is 10.7. The van der Waals surface area contributed by atoms with Gasteiger partial charge in [0.15, 0.2) is 4.34 Å². The van der Waals surface area contributed by atoms with E-state index in [0.717, 1.165) is 34.9 Å². The van der Waals surface area contributed by atoms with E-state index in [4.69, 9.17) is 0 Å². The minimum atomic E-state index is -0.133. The van der Waals surface area contributed by atoms with E-state index in [-0.39, 0.29) is 11.7 Å². The number of fused-ring (bicyclic) bond motifs is 1. The third-order valence-electron chi connectivity index (χ3n) is 4.91. The number of aromatic nitrogens is 2. The van der Waals surface area contributed by atoms with Gasteiger partial charge in [-0.2, -0.15) is 5.26 Å². The normalized spacial score (nSPS) is 15.3. The molecular formula is C21H21N5OS3. The first kappa shape index (κ1) is 20.8. The molecule has 0 spiro atoms. The summed E-state index contributed by atoms with van der Waals surface area (Å²) < 4.78 is 0.722. The van der Waals surface area contributed by atoms with Crippen LogP contribution in [-0.4, -0.2) is 21.9 Å². The van der Waals surface area contributed by atoms with Crippen LogP contribution < -0.4 is 10.6 Å². The Kier molecular flexibility index (Phi) is 6.37. The van der Waals surface area contributed by atoms with Crippen LogP contribution in [0, 0.1) is 24.2 Å². The first-order valence-corrected chi connectivity index (χ1v) is 12.3. The smallest absolute Gasteiger partial charge is 0.235 e. The molecule has 2 aromatic heterocycles. The number of carbonyl (C=O) groups excluding carboxylic acids is 1. The maximum atomic E-state index is 12.5. The number of benzene rings is 1. The van der Waals surface area contributed by atoms with Crippen LogP contribution in [-0.2, 0) is 17.6 Å². The van der Waals surface area contributed by atoms with E-state index in [2.05, 4.69) is 33.8 Å². The lowest BCUT2D eigenvalue weighted by Gasteiger charge is -2.17. The van der Waals surface area contributed by atoms with Gasteiger partial charge >= 0.3 is 0 Å². The van der Waals surface area contributed by atoms with Crippen molar-refractivity contribution in [2.75, 3.05) is 16.4 Å². The second-order valence-electron chi connectivity index (χ2n) is 7.37. The average molecular weight is 456 g/mol. The van der Waals surface area contributed by atoms with Crippen LogP contribution in [0.2, 0.25) is 0 Å². The molecule has 1 aliphatic rings. The first-order chi connectivity index (χ1) is 14.5. The molecular weight excluding hydrogens is 434 g/mol. The number of rotatable bonds is 6. The molecule has 1 amide bonds. The van der Waals surface area contributed by atoms with E-state index in [9.17, 15) is 10.1 Å². The van der Waals surface area contributed by atoms with Crippen molar-refractivity contribution in [3.8, 4) is 6.07 Å². The van der Waals surface area contributed by atoms with Crippen molar-refractivity contribution in [2.45, 2.75) is 37.4 Å². The number of aryl methyl sites for hydroxylation is 1. The van der Waals surface area contributed by atoms with Crippen molar-refractivity contribution in [1.82, 2.24) is 10.2 Å². The number of hydrogen-bond donors (Lipinski definition) is 2. The first-order valence-electron chi connectivity index (χ1n) is 9.66. The Balaban J connectivity index is 1.34. The van der Waals surface area contributed by atoms with Gasteiger partial charge in [-0.3, -0.25) is 4.79 Å². The number of nitriles is 1. The Morgan fingerprint density at radius 3 is 2.87 bits per heavy atom. The summed E-state index contributed by atoms with van der Waals surface area (Å²) in [6, 6.07) is 10.3. The SMILES string of the molecule is Cc1ccc(Nc2nnc(SCC(=O)Nc3sc4c(c3C#N)CCC(C)C4)s2)cc1. The van der Waals surface area contributed by atoms with Crippen LogP contribution in [0.25, 0.3) is 0 Å². The van der Waals surface area contributed by atoms with Crippen molar-refractivity contribution in [3.63, 3.8) is 0 Å². The zero-order valence-corrected chi connectivity index (χ0v) is 19.1. The van der Waals surface area contributed by atoms with Crippen molar-refractivity contribution in [2.24, 2.45) is 5.92 Å². The van der Waals surface area contributed by atoms with Gasteiger partial charge in [0, 0.05) is 10.6 Å². The monoisotopic (exact) mass is 455 g/mol. The molecule has 0 aliphatic heterocycles. The van der Waals surface area contributed by atoms with E-state index in [1.165, 1.54) is 33.5 Å². The Morgan fingerprint density at radius 1 is 1.30 bits per heavy atom. The average Bonchev–Trinajstić information content (AvgIpc) is 3.31. The van der Waals surface area contributed by atoms with E-state index in [0.29, 0.717) is 21.6 Å². The largest absolute Gasteiger partial charge is 0.330 e. The number of carbonyl (C=O) groups is 1. The topological polar surface area (TPSA) is 90.7 Å². The molecule has 1 aromatic carbocycles. The van der Waals surface area contributed by atoms with E-state index in [1.807, 2.05) is 31.2 Å². The highest BCUT2D eigenvalue weighted by Crippen LogP contribution is 2.39. The molecule has 3 aromatic rings. The van der Waals surface area contributed by atoms with Crippen LogP contribution in [0.4, 0.5) is 15.8 Å². The molecule has 30 heavy (non-hydrogen) atoms. The molecule has 0 saturated heterocycles. The van der Waals surface area contributed by atoms with Gasteiger partial charge in [-0.15, -0.1) is 21.5 Å². The van der Waals surface area contributed by atoms with E-state index in [1.54, 1.807) is 11.3 Å². The molecule has 154 valence electrons. The van der Waals surface area contributed by atoms with Crippen LogP contribution in [0.3, 0.4) is 0 Å². The minimum Gasteiger partial charge on any atom is -0.330 e. The van der Waals surface area contributed by atoms with Gasteiger partial charge in [0.2, 0.25) is 11.0 Å². The molecule has 0 bridgehead atoms. The summed E-state index contributed by atoms with van der Waals surface area (Å²) in [7, 11) is 0. The van der Waals surface area contributed by atoms with E-state index >= 15 is 0 Å². The van der Waals surface area contributed by atoms with Crippen molar-refractivity contribution < 1.29 is 4.79 Å². The lowest BCUT2D eigenvalue weighted by Crippen LogP contribution is -2.14. The fraction of sp³-hybridized carbons (Fsp3) is 0.333. The van der Waals surface area contributed by atoms with Gasteiger partial charge in [-0.25, -0.2) is 0 Å².